The quantitative estimate of drug-likeness (QED) is 0.256. The van der Waals surface area contributed by atoms with E-state index in [0.717, 1.165) is 3.57 Å². The summed E-state index contributed by atoms with van der Waals surface area (Å²) >= 11 is 2.17. The van der Waals surface area contributed by atoms with Crippen LogP contribution in [0.15, 0.2) is 48.5 Å². The van der Waals surface area contributed by atoms with Gasteiger partial charge in [-0.3, -0.25) is 24.1 Å². The first kappa shape index (κ1) is 20.1. The Morgan fingerprint density at radius 2 is 1.10 bits per heavy atom. The molecule has 0 unspecified atom stereocenters. The zero-order chi connectivity index (χ0) is 22.2. The van der Waals surface area contributed by atoms with Gasteiger partial charge in [-0.15, -0.1) is 0 Å². The van der Waals surface area contributed by atoms with Crippen molar-refractivity contribution in [3.05, 3.63) is 79.9 Å². The maximum atomic E-state index is 13.4. The summed E-state index contributed by atoms with van der Waals surface area (Å²) in [6.45, 7) is 5.40. The van der Waals surface area contributed by atoms with Gasteiger partial charge in [0.25, 0.3) is 11.8 Å². The van der Waals surface area contributed by atoms with Crippen LogP contribution in [0.3, 0.4) is 0 Å². The second-order valence-corrected chi connectivity index (χ2v) is 10.1. The van der Waals surface area contributed by atoms with Crippen LogP contribution in [0.4, 0.5) is 0 Å². The lowest BCUT2D eigenvalue weighted by atomic mass is 9.74. The van der Waals surface area contributed by atoms with E-state index >= 15 is 0 Å². The Balaban J connectivity index is 1.77. The van der Waals surface area contributed by atoms with Gasteiger partial charge >= 0.3 is 0 Å². The monoisotopic (exact) mass is 523 g/mol. The molecule has 3 aromatic rings. The number of hydrogen-bond acceptors (Lipinski definition) is 4. The normalized spacial score (nSPS) is 16.5. The Bertz CT molecular complexity index is 1280. The van der Waals surface area contributed by atoms with Gasteiger partial charge in [0.05, 0.1) is 0 Å². The van der Waals surface area contributed by atoms with Gasteiger partial charge in [0, 0.05) is 42.1 Å². The predicted octanol–water partition coefficient (Wildman–Crippen LogP) is 5.00. The van der Waals surface area contributed by atoms with Gasteiger partial charge in [0.2, 0.25) is 0 Å². The predicted molar refractivity (Wildman–Crippen MR) is 125 cm³/mol. The van der Waals surface area contributed by atoms with Crippen molar-refractivity contribution in [1.82, 2.24) is 4.90 Å². The average Bonchev–Trinajstić information content (AvgIpc) is 2.71. The molecule has 0 radical (unpaired) electrons. The maximum Gasteiger partial charge on any atom is 0.261 e. The molecule has 0 aromatic heterocycles. The molecule has 154 valence electrons. The Hall–Kier alpha value is -2.87. The minimum atomic E-state index is -0.926. The Labute approximate surface area is 192 Å². The molecule has 6 heteroatoms. The molecule has 3 aromatic carbocycles. The van der Waals surface area contributed by atoms with E-state index in [1.165, 1.54) is 4.90 Å². The van der Waals surface area contributed by atoms with Crippen molar-refractivity contribution < 1.29 is 19.2 Å². The smallest absolute Gasteiger partial charge is 0.261 e. The fraction of sp³-hybridized carbons (Fsp3) is 0.200. The molecule has 5 rings (SSSR count). The Kier molecular flexibility index (Phi) is 4.25. The van der Waals surface area contributed by atoms with Gasteiger partial charge in [-0.2, -0.15) is 0 Å². The minimum absolute atomic E-state index is 0.305. The Morgan fingerprint density at radius 1 is 0.677 bits per heavy atom. The lowest BCUT2D eigenvalue weighted by molar-refractivity contribution is 0.0459. The third kappa shape index (κ3) is 2.74. The van der Waals surface area contributed by atoms with E-state index in [-0.39, 0.29) is 11.6 Å². The minimum Gasteiger partial charge on any atom is -0.293 e. The Morgan fingerprint density at radius 3 is 1.55 bits per heavy atom. The molecule has 0 atom stereocenters. The van der Waals surface area contributed by atoms with E-state index < -0.39 is 23.3 Å². The number of amides is 2. The number of halogens is 1. The second-order valence-electron chi connectivity index (χ2n) is 8.90. The molecule has 0 fully saturated rings. The maximum absolute atomic E-state index is 13.4. The fourth-order valence-electron chi connectivity index (χ4n) is 4.59. The number of carbonyl (C=O) groups is 4. The lowest BCUT2D eigenvalue weighted by Crippen LogP contribution is -2.51. The number of rotatable bonds is 1. The van der Waals surface area contributed by atoms with Crippen molar-refractivity contribution in [2.24, 2.45) is 0 Å². The molecule has 2 aliphatic rings. The summed E-state index contributed by atoms with van der Waals surface area (Å²) in [5.74, 6) is -2.35. The largest absolute Gasteiger partial charge is 0.293 e. The van der Waals surface area contributed by atoms with Crippen LogP contribution in [0.1, 0.15) is 73.7 Å². The van der Waals surface area contributed by atoms with E-state index in [2.05, 4.69) is 22.6 Å². The van der Waals surface area contributed by atoms with Crippen LogP contribution in [0, 0.1) is 3.57 Å². The van der Waals surface area contributed by atoms with Crippen LogP contribution in [0.25, 0.3) is 10.8 Å². The van der Waals surface area contributed by atoms with Crippen LogP contribution in [-0.2, 0) is 0 Å². The number of hydrogen-bond donors (Lipinski definition) is 0. The number of ketones is 2. The van der Waals surface area contributed by atoms with E-state index in [4.69, 9.17) is 0 Å². The molecule has 0 N–H and O–H groups in total. The first-order chi connectivity index (χ1) is 14.6. The molecular weight excluding hydrogens is 505 g/mol. The van der Waals surface area contributed by atoms with Crippen LogP contribution in [0.5, 0.6) is 0 Å². The summed E-state index contributed by atoms with van der Waals surface area (Å²) in [6, 6.07) is 13.8. The highest BCUT2D eigenvalue weighted by molar-refractivity contribution is 14.1. The molecule has 31 heavy (non-hydrogen) atoms. The van der Waals surface area contributed by atoms with Gasteiger partial charge in [-0.05, 0) is 85.3 Å². The third-order valence-corrected chi connectivity index (χ3v) is 6.68. The number of carbonyl (C=O) groups excluding carboxylic acids is 4. The number of benzene rings is 3. The van der Waals surface area contributed by atoms with E-state index in [1.807, 2.05) is 12.1 Å². The summed E-state index contributed by atoms with van der Waals surface area (Å²) in [6.07, 6.45) is 0. The SMILES string of the molecule is CC(C)(C)N1C(=O)c2ccc3c4c(ccc(c24)C1=O)C(=O)C(c1ccc(I)cc1)C3=O. The second kappa shape index (κ2) is 6.56. The van der Waals surface area contributed by atoms with E-state index in [9.17, 15) is 19.2 Å². The van der Waals surface area contributed by atoms with Crippen molar-refractivity contribution in [2.75, 3.05) is 0 Å². The van der Waals surface area contributed by atoms with Crippen LogP contribution < -0.4 is 0 Å². The number of Topliss-reactive ketones (excluding diaryl/α,β-unsaturated/α-hetero) is 2. The summed E-state index contributed by atoms with van der Waals surface area (Å²) in [4.78, 5) is 54.5. The van der Waals surface area contributed by atoms with Gasteiger partial charge in [0.15, 0.2) is 11.6 Å². The highest BCUT2D eigenvalue weighted by Crippen LogP contribution is 2.42. The molecule has 0 saturated carbocycles. The topological polar surface area (TPSA) is 71.5 Å². The summed E-state index contributed by atoms with van der Waals surface area (Å²) in [7, 11) is 0. The molecule has 1 aliphatic heterocycles. The highest BCUT2D eigenvalue weighted by Gasteiger charge is 2.43. The number of nitrogens with zero attached hydrogens (tertiary/aromatic N) is 1. The molecule has 1 heterocycles. The molecular formula is C25H18INO4. The molecule has 5 nitrogen and oxygen atoms in total. The van der Waals surface area contributed by atoms with Gasteiger partial charge < -0.3 is 0 Å². The first-order valence-electron chi connectivity index (χ1n) is 9.94. The first-order valence-corrected chi connectivity index (χ1v) is 11.0. The molecule has 0 saturated heterocycles. The van der Waals surface area contributed by atoms with Gasteiger partial charge in [0.1, 0.15) is 5.92 Å². The fourth-order valence-corrected chi connectivity index (χ4v) is 4.95. The van der Waals surface area contributed by atoms with Crippen LogP contribution in [-0.4, -0.2) is 33.8 Å². The van der Waals surface area contributed by atoms with Gasteiger partial charge in [-0.25, -0.2) is 0 Å². The van der Waals surface area contributed by atoms with Crippen molar-refractivity contribution in [1.29, 1.82) is 0 Å². The summed E-state index contributed by atoms with van der Waals surface area (Å²) < 4.78 is 1.01. The van der Waals surface area contributed by atoms with Crippen molar-refractivity contribution in [2.45, 2.75) is 32.2 Å². The molecule has 2 amide bonds. The lowest BCUT2D eigenvalue weighted by Gasteiger charge is -2.38. The van der Waals surface area contributed by atoms with Crippen molar-refractivity contribution >= 4 is 56.7 Å². The molecule has 1 aliphatic carbocycles. The average molecular weight is 523 g/mol. The summed E-state index contributed by atoms with van der Waals surface area (Å²) in [5, 5.41) is 0.829. The van der Waals surface area contributed by atoms with Crippen LogP contribution in [0.2, 0.25) is 0 Å². The van der Waals surface area contributed by atoms with E-state index in [0.29, 0.717) is 38.6 Å². The zero-order valence-corrected chi connectivity index (χ0v) is 19.3. The summed E-state index contributed by atoms with van der Waals surface area (Å²) in [5.41, 5.74) is 1.39. The highest BCUT2D eigenvalue weighted by atomic mass is 127. The zero-order valence-electron chi connectivity index (χ0n) is 17.2. The van der Waals surface area contributed by atoms with Crippen LogP contribution >= 0.6 is 22.6 Å². The van der Waals surface area contributed by atoms with Crippen molar-refractivity contribution in [3.8, 4) is 0 Å². The molecule has 0 bridgehead atoms. The van der Waals surface area contributed by atoms with Gasteiger partial charge in [-0.1, -0.05) is 12.1 Å². The molecule has 0 spiro atoms. The number of imide groups is 1. The van der Waals surface area contributed by atoms with Crippen molar-refractivity contribution in [3.63, 3.8) is 0 Å². The third-order valence-electron chi connectivity index (χ3n) is 5.96. The van der Waals surface area contributed by atoms with E-state index in [1.54, 1.807) is 57.2 Å². The standard InChI is InChI=1S/C25H18INO4/c1-25(2,3)27-23(30)16-10-8-14-19-15(9-11-17(20(16)19)24(27)31)22(29)18(21(14)28)12-4-6-13(26)7-5-12/h4-11,18H,1-3H3.